The zero-order valence-corrected chi connectivity index (χ0v) is 14.3. The molecule has 0 aromatic carbocycles. The van der Waals surface area contributed by atoms with Crippen LogP contribution in [0, 0.1) is 0 Å². The summed E-state index contributed by atoms with van der Waals surface area (Å²) in [6.07, 6.45) is 0. The Morgan fingerprint density at radius 1 is 0.444 bits per heavy atom. The minimum Gasteiger partial charge on any atom is -0.759 e. The van der Waals surface area contributed by atoms with Crippen molar-refractivity contribution in [1.82, 2.24) is 0 Å². The van der Waals surface area contributed by atoms with E-state index in [1.165, 1.54) is 0 Å². The molecule has 0 amide bonds. The summed E-state index contributed by atoms with van der Waals surface area (Å²) in [5.41, 5.74) is 0. The first kappa shape index (κ1) is 36.7. The fraction of sp³-hybridized carbons (Fsp3) is 0. The van der Waals surface area contributed by atoms with E-state index < -0.39 is 31.2 Å². The predicted molar refractivity (Wildman–Crippen MR) is 42.9 cm³/mol. The molecule has 0 saturated carbocycles. The molecule has 102 valence electrons. The monoisotopic (exact) mass is 392 g/mol. The topological polar surface area (TPSA) is 241 Å². The Morgan fingerprint density at radius 3 is 0.444 bits per heavy atom. The Morgan fingerprint density at radius 2 is 0.444 bits per heavy atom. The Bertz CT molecular complexity index is 346. The molecule has 18 heavy (non-hydrogen) atoms. The van der Waals surface area contributed by atoms with Crippen LogP contribution in [0.3, 0.4) is 0 Å². The van der Waals surface area contributed by atoms with Crippen molar-refractivity contribution in [2.24, 2.45) is 0 Å². The molecule has 0 fully saturated rings. The Labute approximate surface area is 145 Å². The maximum atomic E-state index is 8.52. The van der Waals surface area contributed by atoms with Gasteiger partial charge in [-0.1, -0.05) is 0 Å². The summed E-state index contributed by atoms with van der Waals surface area (Å²) < 4.78 is 102. The second kappa shape index (κ2) is 15.1. The van der Waals surface area contributed by atoms with Gasteiger partial charge < -0.3 is 27.3 Å². The van der Waals surface area contributed by atoms with Gasteiger partial charge in [0, 0.05) is 31.2 Å². The number of hydrogen-bond acceptors (Lipinski definition) is 12. The Kier molecular flexibility index (Phi) is 30.7. The van der Waals surface area contributed by atoms with Crippen LogP contribution in [0.4, 0.5) is 0 Å². The molecule has 12 nitrogen and oxygen atoms in total. The normalized spacial score (nSPS) is 9.67. The molecule has 18 heteroatoms. The molecular formula is FeMg2O12S3. The summed E-state index contributed by atoms with van der Waals surface area (Å²) in [4.78, 5) is 0. The van der Waals surface area contributed by atoms with Crippen LogP contribution in [-0.2, 0) is 48.3 Å². The van der Waals surface area contributed by atoms with Gasteiger partial charge in [0.2, 0.25) is 0 Å². The molecule has 0 radical (unpaired) electrons. The summed E-state index contributed by atoms with van der Waals surface area (Å²) in [6.45, 7) is 0. The van der Waals surface area contributed by atoms with Crippen LogP contribution in [0.5, 0.6) is 0 Å². The van der Waals surface area contributed by atoms with Gasteiger partial charge >= 0.3 is 63.2 Å². The van der Waals surface area contributed by atoms with Crippen molar-refractivity contribution in [3.8, 4) is 0 Å². The van der Waals surface area contributed by atoms with Crippen LogP contribution in [0.15, 0.2) is 0 Å². The van der Waals surface area contributed by atoms with Gasteiger partial charge in [-0.25, -0.2) is 0 Å². The molecular weight excluding hydrogens is 393 g/mol. The van der Waals surface area contributed by atoms with Crippen LogP contribution in [-0.4, -0.2) is 98.7 Å². The van der Waals surface area contributed by atoms with Crippen LogP contribution < -0.4 is 0 Å². The molecule has 0 saturated heterocycles. The van der Waals surface area contributed by atoms with E-state index in [0.29, 0.717) is 0 Å². The predicted octanol–water partition coefficient (Wildman–Crippen LogP) is -4.78. The van der Waals surface area contributed by atoms with Gasteiger partial charge in [0.15, 0.2) is 0 Å². The molecule has 0 aromatic rings. The maximum absolute atomic E-state index is 8.52. The zero-order valence-electron chi connectivity index (χ0n) is 7.89. The third-order valence-corrected chi connectivity index (χ3v) is 0. The molecule has 0 aliphatic rings. The van der Waals surface area contributed by atoms with E-state index in [1.54, 1.807) is 0 Å². The molecule has 0 aliphatic heterocycles. The smallest absolute Gasteiger partial charge is 0.759 e. The largest absolute Gasteiger partial charge is 2.00 e. The van der Waals surface area contributed by atoms with Crippen LogP contribution in [0.1, 0.15) is 0 Å². The van der Waals surface area contributed by atoms with Gasteiger partial charge in [-0.2, -0.15) is 0 Å². The molecule has 0 unspecified atom stereocenters. The van der Waals surface area contributed by atoms with Crippen molar-refractivity contribution in [2.75, 3.05) is 0 Å². The molecule has 0 aliphatic carbocycles. The molecule has 0 spiro atoms. The van der Waals surface area contributed by atoms with Crippen molar-refractivity contribution in [3.05, 3.63) is 0 Å². The SMILES string of the molecule is O=S(=O)([O-])[O-].O=S(=O)([O-])[O-].O=S(=O)([O-])[O-].[Fe+2].[Mg+2].[Mg+2]. The molecule has 0 heterocycles. The maximum Gasteiger partial charge on any atom is 2.00 e. The third kappa shape index (κ3) is 1780. The van der Waals surface area contributed by atoms with E-state index in [4.69, 9.17) is 52.6 Å². The van der Waals surface area contributed by atoms with E-state index in [-0.39, 0.29) is 63.2 Å². The zero-order chi connectivity index (χ0) is 13.5. The number of hydrogen-bond donors (Lipinski definition) is 0. The standard InChI is InChI=1S/Fe.2Mg.3H2O4S/c;;;3*1-5(2,3)4/h;;;3*(H2,1,2,3,4)/q3*+2;;;/p-6. The van der Waals surface area contributed by atoms with Crippen molar-refractivity contribution in [1.29, 1.82) is 0 Å². The van der Waals surface area contributed by atoms with E-state index in [2.05, 4.69) is 0 Å². The summed E-state index contributed by atoms with van der Waals surface area (Å²) >= 11 is 0. The second-order valence-corrected chi connectivity index (χ2v) is 3.67. The average molecular weight is 393 g/mol. The minimum absolute atomic E-state index is 0. The van der Waals surface area contributed by atoms with Gasteiger partial charge in [-0.05, 0) is 0 Å². The van der Waals surface area contributed by atoms with Crippen LogP contribution >= 0.6 is 0 Å². The van der Waals surface area contributed by atoms with Gasteiger partial charge in [0.25, 0.3) is 0 Å². The van der Waals surface area contributed by atoms with Gasteiger partial charge in [0.1, 0.15) is 0 Å². The van der Waals surface area contributed by atoms with Crippen molar-refractivity contribution >= 4 is 77.3 Å². The molecule has 0 rings (SSSR count). The van der Waals surface area contributed by atoms with E-state index >= 15 is 0 Å². The van der Waals surface area contributed by atoms with Gasteiger partial charge in [0.05, 0.1) is 0 Å². The van der Waals surface area contributed by atoms with Crippen molar-refractivity contribution < 1.29 is 69.6 Å². The van der Waals surface area contributed by atoms with E-state index in [9.17, 15) is 0 Å². The average Bonchev–Trinajstić information content (AvgIpc) is 1.41. The number of rotatable bonds is 0. The molecule has 0 bridgehead atoms. The molecule has 0 aromatic heterocycles. The van der Waals surface area contributed by atoms with Crippen LogP contribution in [0.2, 0.25) is 0 Å². The Hall–Kier alpha value is 1.66. The third-order valence-electron chi connectivity index (χ3n) is 0. The first-order valence-corrected chi connectivity index (χ1v) is 6.00. The van der Waals surface area contributed by atoms with E-state index in [1.807, 2.05) is 0 Å². The van der Waals surface area contributed by atoms with Crippen LogP contribution in [0.25, 0.3) is 0 Å². The first-order chi connectivity index (χ1) is 6.00. The minimum atomic E-state index is -5.17. The summed E-state index contributed by atoms with van der Waals surface area (Å²) in [5, 5.41) is 0. The van der Waals surface area contributed by atoms with Gasteiger partial charge in [-0.3, -0.25) is 25.3 Å². The fourth-order valence-electron chi connectivity index (χ4n) is 0. The van der Waals surface area contributed by atoms with E-state index in [0.717, 1.165) is 0 Å². The quantitative estimate of drug-likeness (QED) is 0.214. The van der Waals surface area contributed by atoms with Gasteiger partial charge in [-0.15, -0.1) is 0 Å². The molecule has 0 N–H and O–H groups in total. The summed E-state index contributed by atoms with van der Waals surface area (Å²) in [5.74, 6) is 0. The second-order valence-electron chi connectivity index (χ2n) is 1.22. The summed E-state index contributed by atoms with van der Waals surface area (Å²) in [6, 6.07) is 0. The fourth-order valence-corrected chi connectivity index (χ4v) is 0. The Balaban J connectivity index is -0.0000000277. The van der Waals surface area contributed by atoms with Crippen molar-refractivity contribution in [3.63, 3.8) is 0 Å². The summed E-state index contributed by atoms with van der Waals surface area (Å²) in [7, 11) is -15.5. The first-order valence-electron chi connectivity index (χ1n) is 2.00. The molecule has 0 atom stereocenters. The van der Waals surface area contributed by atoms with Crippen molar-refractivity contribution in [2.45, 2.75) is 0 Å².